The molecule has 3 nitrogen and oxygen atoms in total. The maximum absolute atomic E-state index is 11.9. The molecule has 2 heterocycles. The van der Waals surface area contributed by atoms with Gasteiger partial charge < -0.3 is 5.32 Å². The molecule has 0 spiro atoms. The van der Waals surface area contributed by atoms with Gasteiger partial charge in [0.25, 0.3) is 0 Å². The molecule has 4 heteroatoms. The second-order valence-electron chi connectivity index (χ2n) is 4.12. The highest BCUT2D eigenvalue weighted by Gasteiger charge is 2.38. The summed E-state index contributed by atoms with van der Waals surface area (Å²) >= 11 is 1.60. The maximum atomic E-state index is 11.9. The first-order valence-corrected chi connectivity index (χ1v) is 5.63. The standard InChI is InChI=1S/C10H14N2OS/c1-7-12-8(4-14-7)3-9(13)10(2)5-11-6-10/h4,11H,3,5-6H2,1-2H3. The number of thiazole rings is 1. The van der Waals surface area contributed by atoms with Crippen LogP contribution in [0.4, 0.5) is 0 Å². The van der Waals surface area contributed by atoms with Crippen molar-refractivity contribution in [3.05, 3.63) is 16.1 Å². The van der Waals surface area contributed by atoms with E-state index in [4.69, 9.17) is 0 Å². The van der Waals surface area contributed by atoms with E-state index in [1.54, 1.807) is 11.3 Å². The highest BCUT2D eigenvalue weighted by atomic mass is 32.1. The van der Waals surface area contributed by atoms with E-state index in [1.807, 2.05) is 19.2 Å². The van der Waals surface area contributed by atoms with Crippen molar-refractivity contribution in [1.82, 2.24) is 10.3 Å². The Morgan fingerprint density at radius 1 is 1.71 bits per heavy atom. The average molecular weight is 210 g/mol. The Hall–Kier alpha value is -0.740. The van der Waals surface area contributed by atoms with Gasteiger partial charge in [0, 0.05) is 18.5 Å². The van der Waals surface area contributed by atoms with Gasteiger partial charge in [0.15, 0.2) is 0 Å². The van der Waals surface area contributed by atoms with Crippen LogP contribution < -0.4 is 5.32 Å². The minimum absolute atomic E-state index is 0.141. The number of aryl methyl sites for hydroxylation is 1. The Bertz CT molecular complexity index is 355. The molecule has 76 valence electrons. The van der Waals surface area contributed by atoms with Gasteiger partial charge in [-0.25, -0.2) is 4.98 Å². The Balaban J connectivity index is 2.01. The average Bonchev–Trinajstić information content (AvgIpc) is 2.47. The van der Waals surface area contributed by atoms with Crippen molar-refractivity contribution >= 4 is 17.1 Å². The van der Waals surface area contributed by atoms with Crippen molar-refractivity contribution < 1.29 is 4.79 Å². The van der Waals surface area contributed by atoms with Crippen LogP contribution in [0.1, 0.15) is 17.6 Å². The zero-order valence-electron chi connectivity index (χ0n) is 8.46. The summed E-state index contributed by atoms with van der Waals surface area (Å²) in [5.74, 6) is 0.307. The van der Waals surface area contributed by atoms with Crippen LogP contribution in [-0.2, 0) is 11.2 Å². The summed E-state index contributed by atoms with van der Waals surface area (Å²) in [6.07, 6.45) is 0.489. The lowest BCUT2D eigenvalue weighted by Crippen LogP contribution is -2.56. The van der Waals surface area contributed by atoms with E-state index in [0.717, 1.165) is 23.8 Å². The lowest BCUT2D eigenvalue weighted by molar-refractivity contribution is -0.129. The molecule has 2 rings (SSSR count). The quantitative estimate of drug-likeness (QED) is 0.814. The number of ketones is 1. The summed E-state index contributed by atoms with van der Waals surface area (Å²) in [5, 5.41) is 6.14. The molecular formula is C10H14N2OS. The summed E-state index contributed by atoms with van der Waals surface area (Å²) in [6, 6.07) is 0. The highest BCUT2D eigenvalue weighted by Crippen LogP contribution is 2.24. The number of carbonyl (C=O) groups excluding carboxylic acids is 1. The second-order valence-corrected chi connectivity index (χ2v) is 5.18. The van der Waals surface area contributed by atoms with Crippen molar-refractivity contribution in [2.24, 2.45) is 5.41 Å². The van der Waals surface area contributed by atoms with Gasteiger partial charge in [-0.2, -0.15) is 0 Å². The zero-order valence-corrected chi connectivity index (χ0v) is 9.28. The summed E-state index contributed by atoms with van der Waals surface area (Å²) in [4.78, 5) is 16.2. The summed E-state index contributed by atoms with van der Waals surface area (Å²) in [7, 11) is 0. The Morgan fingerprint density at radius 3 is 2.86 bits per heavy atom. The minimum atomic E-state index is -0.141. The van der Waals surface area contributed by atoms with Crippen molar-refractivity contribution in [2.45, 2.75) is 20.3 Å². The van der Waals surface area contributed by atoms with Crippen molar-refractivity contribution in [1.29, 1.82) is 0 Å². The third kappa shape index (κ3) is 1.72. The van der Waals surface area contributed by atoms with Crippen LogP contribution in [-0.4, -0.2) is 23.9 Å². The first kappa shape index (κ1) is 9.80. The molecule has 1 aliphatic heterocycles. The molecule has 0 saturated carbocycles. The molecule has 1 aromatic heterocycles. The van der Waals surface area contributed by atoms with E-state index in [0.29, 0.717) is 12.2 Å². The van der Waals surface area contributed by atoms with Gasteiger partial charge in [-0.1, -0.05) is 6.92 Å². The molecule has 0 unspecified atom stereocenters. The number of carbonyl (C=O) groups is 1. The summed E-state index contributed by atoms with van der Waals surface area (Å²) < 4.78 is 0. The second kappa shape index (κ2) is 3.44. The Morgan fingerprint density at radius 2 is 2.43 bits per heavy atom. The molecule has 0 atom stereocenters. The van der Waals surface area contributed by atoms with Crippen LogP contribution in [0.3, 0.4) is 0 Å². The number of aromatic nitrogens is 1. The molecule has 1 fully saturated rings. The summed E-state index contributed by atoms with van der Waals surface area (Å²) in [5.41, 5.74) is 0.781. The first-order valence-electron chi connectivity index (χ1n) is 4.75. The monoisotopic (exact) mass is 210 g/mol. The van der Waals surface area contributed by atoms with Gasteiger partial charge in [-0.15, -0.1) is 11.3 Å². The lowest BCUT2D eigenvalue weighted by atomic mass is 9.78. The van der Waals surface area contributed by atoms with E-state index in [9.17, 15) is 4.79 Å². The third-order valence-corrected chi connectivity index (χ3v) is 3.53. The normalized spacial score (nSPS) is 19.0. The SMILES string of the molecule is Cc1nc(CC(=O)C2(C)CNC2)cs1. The number of nitrogens with one attached hydrogen (secondary N) is 1. The molecule has 0 aliphatic carbocycles. The number of nitrogens with zero attached hydrogens (tertiary/aromatic N) is 1. The predicted molar refractivity (Wildman–Crippen MR) is 56.5 cm³/mol. The van der Waals surface area contributed by atoms with Gasteiger partial charge in [0.2, 0.25) is 0 Å². The number of rotatable bonds is 3. The lowest BCUT2D eigenvalue weighted by Gasteiger charge is -2.37. The van der Waals surface area contributed by atoms with Gasteiger partial charge in [0.1, 0.15) is 5.78 Å². The van der Waals surface area contributed by atoms with Gasteiger partial charge in [-0.05, 0) is 6.92 Å². The molecular weight excluding hydrogens is 196 g/mol. The van der Waals surface area contributed by atoms with Gasteiger partial charge >= 0.3 is 0 Å². The molecule has 1 aromatic rings. The fraction of sp³-hybridized carbons (Fsp3) is 0.600. The Labute approximate surface area is 87.6 Å². The molecule has 1 aliphatic rings. The van der Waals surface area contributed by atoms with Crippen LogP contribution in [0.2, 0.25) is 0 Å². The number of hydrogen-bond acceptors (Lipinski definition) is 4. The maximum Gasteiger partial charge on any atom is 0.147 e. The number of Topliss-reactive ketones (excluding diaryl/α,β-unsaturated/α-hetero) is 1. The van der Waals surface area contributed by atoms with E-state index in [2.05, 4.69) is 10.3 Å². The predicted octanol–water partition coefficient (Wildman–Crippen LogP) is 1.17. The topological polar surface area (TPSA) is 42.0 Å². The van der Waals surface area contributed by atoms with E-state index < -0.39 is 0 Å². The van der Waals surface area contributed by atoms with Crippen LogP contribution in [0, 0.1) is 12.3 Å². The molecule has 0 amide bonds. The molecule has 14 heavy (non-hydrogen) atoms. The Kier molecular flexibility index (Phi) is 2.41. The first-order chi connectivity index (χ1) is 6.60. The largest absolute Gasteiger partial charge is 0.315 e. The molecule has 0 aromatic carbocycles. The summed E-state index contributed by atoms with van der Waals surface area (Å²) in [6.45, 7) is 5.61. The molecule has 1 saturated heterocycles. The van der Waals surface area contributed by atoms with Crippen molar-refractivity contribution in [2.75, 3.05) is 13.1 Å². The van der Waals surface area contributed by atoms with Gasteiger partial charge in [-0.3, -0.25) is 4.79 Å². The van der Waals surface area contributed by atoms with Crippen molar-refractivity contribution in [3.8, 4) is 0 Å². The third-order valence-electron chi connectivity index (χ3n) is 2.71. The molecule has 1 N–H and O–H groups in total. The molecule has 0 radical (unpaired) electrons. The van der Waals surface area contributed by atoms with Crippen LogP contribution in [0.25, 0.3) is 0 Å². The van der Waals surface area contributed by atoms with E-state index in [-0.39, 0.29) is 5.41 Å². The van der Waals surface area contributed by atoms with Crippen molar-refractivity contribution in [3.63, 3.8) is 0 Å². The van der Waals surface area contributed by atoms with Gasteiger partial charge in [0.05, 0.1) is 22.5 Å². The van der Waals surface area contributed by atoms with E-state index in [1.165, 1.54) is 0 Å². The number of hydrogen-bond donors (Lipinski definition) is 1. The van der Waals surface area contributed by atoms with E-state index >= 15 is 0 Å². The zero-order chi connectivity index (χ0) is 10.2. The fourth-order valence-corrected chi connectivity index (χ4v) is 2.18. The van der Waals surface area contributed by atoms with Crippen LogP contribution >= 0.6 is 11.3 Å². The minimum Gasteiger partial charge on any atom is -0.315 e. The molecule has 0 bridgehead atoms. The van der Waals surface area contributed by atoms with Crippen LogP contribution in [0.5, 0.6) is 0 Å². The smallest absolute Gasteiger partial charge is 0.147 e. The fourth-order valence-electron chi connectivity index (χ4n) is 1.56. The van der Waals surface area contributed by atoms with Crippen LogP contribution in [0.15, 0.2) is 5.38 Å². The highest BCUT2D eigenvalue weighted by molar-refractivity contribution is 7.09.